The summed E-state index contributed by atoms with van der Waals surface area (Å²) >= 11 is 0. The fourth-order valence-corrected chi connectivity index (χ4v) is 3.67. The van der Waals surface area contributed by atoms with E-state index in [9.17, 15) is 33.0 Å². The summed E-state index contributed by atoms with van der Waals surface area (Å²) in [4.78, 5) is 25.5. The smallest absolute Gasteiger partial charge is 0.416 e. The maximum Gasteiger partial charge on any atom is 0.416 e. The third-order valence-corrected chi connectivity index (χ3v) is 4.72. The van der Waals surface area contributed by atoms with E-state index >= 15 is 0 Å². The van der Waals surface area contributed by atoms with Gasteiger partial charge < -0.3 is 15.1 Å². The Hall–Kier alpha value is -2.77. The Kier molecular flexibility index (Phi) is 5.67. The predicted molar refractivity (Wildman–Crippen MR) is 91.9 cm³/mol. The molecule has 0 amide bonds. The van der Waals surface area contributed by atoms with E-state index in [4.69, 9.17) is 0 Å². The van der Waals surface area contributed by atoms with E-state index in [1.807, 2.05) is 0 Å². The molecule has 1 aliphatic heterocycles. The van der Waals surface area contributed by atoms with Crippen LogP contribution in [0.15, 0.2) is 46.8 Å². The zero-order valence-electron chi connectivity index (χ0n) is 15.1. The first kappa shape index (κ1) is 20.5. The van der Waals surface area contributed by atoms with Gasteiger partial charge in [-0.2, -0.15) is 13.2 Å². The molecule has 1 heterocycles. The summed E-state index contributed by atoms with van der Waals surface area (Å²) < 4.78 is 40.7. The van der Waals surface area contributed by atoms with E-state index in [-0.39, 0.29) is 29.6 Å². The first-order valence-corrected chi connectivity index (χ1v) is 8.38. The van der Waals surface area contributed by atoms with Gasteiger partial charge in [0.25, 0.3) is 0 Å². The highest BCUT2D eigenvalue weighted by Crippen LogP contribution is 2.46. The van der Waals surface area contributed by atoms with Crippen molar-refractivity contribution in [1.29, 1.82) is 0 Å². The minimum atomic E-state index is -4.74. The van der Waals surface area contributed by atoms with Crippen molar-refractivity contribution in [3.8, 4) is 0 Å². The third kappa shape index (κ3) is 3.56. The summed E-state index contributed by atoms with van der Waals surface area (Å²) in [6.07, 6.45) is -4.27. The van der Waals surface area contributed by atoms with Crippen LogP contribution in [0.5, 0.6) is 0 Å². The van der Waals surface area contributed by atoms with Gasteiger partial charge in [0.2, 0.25) is 0 Å². The van der Waals surface area contributed by atoms with E-state index in [2.05, 4.69) is 0 Å². The van der Waals surface area contributed by atoms with Crippen molar-refractivity contribution in [1.82, 2.24) is 4.90 Å². The first-order chi connectivity index (χ1) is 12.6. The molecule has 0 fully saturated rings. The molecule has 8 heteroatoms. The molecule has 2 N–H and O–H groups in total. The quantitative estimate of drug-likeness (QED) is 0.796. The lowest BCUT2D eigenvalue weighted by atomic mass is 9.77. The summed E-state index contributed by atoms with van der Waals surface area (Å²) in [5.41, 5.74) is -1.50. The molecule has 27 heavy (non-hydrogen) atoms. The fourth-order valence-electron chi connectivity index (χ4n) is 3.67. The Balaban J connectivity index is 2.95. The molecule has 1 aromatic rings. The number of hydrogen-bond acceptors (Lipinski definition) is 3. The molecule has 5 nitrogen and oxygen atoms in total. The Morgan fingerprint density at radius 1 is 1.00 bits per heavy atom. The second kappa shape index (κ2) is 7.46. The van der Waals surface area contributed by atoms with Crippen molar-refractivity contribution in [3.05, 3.63) is 57.9 Å². The summed E-state index contributed by atoms with van der Waals surface area (Å²) in [6, 6.07) is 4.52. The highest BCUT2D eigenvalue weighted by atomic mass is 19.4. The molecule has 0 spiro atoms. The Morgan fingerprint density at radius 2 is 1.44 bits per heavy atom. The lowest BCUT2D eigenvalue weighted by Gasteiger charge is -2.37. The van der Waals surface area contributed by atoms with Gasteiger partial charge in [0.1, 0.15) is 0 Å². The van der Waals surface area contributed by atoms with Crippen LogP contribution in [-0.4, -0.2) is 34.1 Å². The highest BCUT2D eigenvalue weighted by Gasteiger charge is 2.44. The number of carboxylic acids is 2. The number of allylic oxidation sites excluding steroid dienone is 2. The number of alkyl halides is 3. The van der Waals surface area contributed by atoms with Crippen molar-refractivity contribution < 1.29 is 33.0 Å². The van der Waals surface area contributed by atoms with Gasteiger partial charge in [-0.25, -0.2) is 9.59 Å². The van der Waals surface area contributed by atoms with Gasteiger partial charge in [-0.3, -0.25) is 0 Å². The molecule has 0 aromatic heterocycles. The van der Waals surface area contributed by atoms with Crippen LogP contribution in [0.1, 0.15) is 43.7 Å². The molecule has 0 saturated heterocycles. The van der Waals surface area contributed by atoms with Crippen LogP contribution in [0.4, 0.5) is 13.2 Å². The number of rotatable bonds is 5. The molecule has 0 saturated carbocycles. The van der Waals surface area contributed by atoms with Crippen LogP contribution >= 0.6 is 0 Å². The van der Waals surface area contributed by atoms with Gasteiger partial charge in [-0.15, -0.1) is 0 Å². The molecule has 0 bridgehead atoms. The van der Waals surface area contributed by atoms with Crippen molar-refractivity contribution in [2.75, 3.05) is 7.05 Å². The average Bonchev–Trinajstić information content (AvgIpc) is 2.59. The van der Waals surface area contributed by atoms with Crippen molar-refractivity contribution in [2.24, 2.45) is 0 Å². The van der Waals surface area contributed by atoms with E-state index in [1.54, 1.807) is 13.8 Å². The van der Waals surface area contributed by atoms with Crippen molar-refractivity contribution >= 4 is 11.9 Å². The van der Waals surface area contributed by atoms with E-state index < -0.39 is 29.6 Å². The minimum Gasteiger partial charge on any atom is -0.478 e. The number of benzene rings is 1. The van der Waals surface area contributed by atoms with Gasteiger partial charge in [-0.05, 0) is 24.5 Å². The lowest BCUT2D eigenvalue weighted by molar-refractivity contribution is -0.139. The van der Waals surface area contributed by atoms with Gasteiger partial charge in [0.15, 0.2) is 0 Å². The largest absolute Gasteiger partial charge is 0.478 e. The van der Waals surface area contributed by atoms with Crippen LogP contribution in [0, 0.1) is 0 Å². The summed E-state index contributed by atoms with van der Waals surface area (Å²) in [5, 5.41) is 19.5. The van der Waals surface area contributed by atoms with Crippen LogP contribution in [0.3, 0.4) is 0 Å². The van der Waals surface area contributed by atoms with E-state index in [1.165, 1.54) is 24.1 Å². The molecule has 146 valence electrons. The summed E-state index contributed by atoms with van der Waals surface area (Å²) in [5.74, 6) is -4.39. The number of hydrogen-bond donors (Lipinski definition) is 2. The molecular weight excluding hydrogens is 363 g/mol. The van der Waals surface area contributed by atoms with Crippen LogP contribution in [0.25, 0.3) is 0 Å². The monoisotopic (exact) mass is 383 g/mol. The minimum absolute atomic E-state index is 0.235. The Bertz CT molecular complexity index is 800. The molecule has 0 unspecified atom stereocenters. The highest BCUT2D eigenvalue weighted by molar-refractivity contribution is 5.98. The van der Waals surface area contributed by atoms with Gasteiger partial charge in [0.05, 0.1) is 22.6 Å². The van der Waals surface area contributed by atoms with Crippen LogP contribution in [0.2, 0.25) is 0 Å². The number of aliphatic carboxylic acids is 2. The number of carboxylic acid groups (broad SMARTS) is 2. The first-order valence-electron chi connectivity index (χ1n) is 8.38. The van der Waals surface area contributed by atoms with Crippen molar-refractivity contribution in [2.45, 2.75) is 38.8 Å². The van der Waals surface area contributed by atoms with E-state index in [0.717, 1.165) is 12.1 Å². The van der Waals surface area contributed by atoms with Crippen LogP contribution < -0.4 is 0 Å². The molecule has 1 aromatic carbocycles. The summed E-state index contributed by atoms with van der Waals surface area (Å²) in [7, 11) is 1.54. The van der Waals surface area contributed by atoms with E-state index in [0.29, 0.717) is 11.4 Å². The second-order valence-electron chi connectivity index (χ2n) is 6.12. The number of nitrogens with zero attached hydrogens (tertiary/aromatic N) is 1. The average molecular weight is 383 g/mol. The Morgan fingerprint density at radius 3 is 1.81 bits per heavy atom. The second-order valence-corrected chi connectivity index (χ2v) is 6.12. The zero-order chi connectivity index (χ0) is 20.5. The van der Waals surface area contributed by atoms with Gasteiger partial charge in [0, 0.05) is 18.4 Å². The maximum atomic E-state index is 13.6. The fraction of sp³-hybridized carbons (Fsp3) is 0.368. The Labute approximate surface area is 154 Å². The lowest BCUT2D eigenvalue weighted by Crippen LogP contribution is -2.34. The van der Waals surface area contributed by atoms with Crippen LogP contribution in [-0.2, 0) is 15.8 Å². The number of halogens is 3. The topological polar surface area (TPSA) is 77.8 Å². The molecule has 0 atom stereocenters. The molecular formula is C19H20F3NO4. The van der Waals surface area contributed by atoms with Crippen molar-refractivity contribution in [3.63, 3.8) is 0 Å². The summed E-state index contributed by atoms with van der Waals surface area (Å²) in [6.45, 7) is 3.36. The van der Waals surface area contributed by atoms with Gasteiger partial charge in [-0.1, -0.05) is 32.0 Å². The normalized spacial score (nSPS) is 16.1. The van der Waals surface area contributed by atoms with Gasteiger partial charge >= 0.3 is 18.1 Å². The molecule has 1 aliphatic rings. The zero-order valence-corrected chi connectivity index (χ0v) is 15.1. The predicted octanol–water partition coefficient (Wildman–Crippen LogP) is 4.23. The molecule has 2 rings (SSSR count). The third-order valence-electron chi connectivity index (χ3n) is 4.72. The SMILES string of the molecule is CCC1=C(C(=O)O)C(c2ccccc2C(F)(F)F)C(C(=O)O)=C(CC)N1C. The number of carbonyl (C=O) groups is 2. The molecule has 0 aliphatic carbocycles. The standard InChI is InChI=1S/C19H20F3NO4/c1-4-12-15(17(24)25)14(16(18(26)27)13(5-2)23(12)3)10-8-6-7-9-11(10)19(20,21)22/h6-9,14H,4-5H2,1-3H3,(H,24,25)(H,26,27). The maximum absolute atomic E-state index is 13.6. The molecule has 0 radical (unpaired) electrons.